The van der Waals surface area contributed by atoms with Crippen LogP contribution < -0.4 is 10.6 Å². The molecule has 7 heteroatoms. The number of aliphatic imine (C=N–C) groups is 1. The highest BCUT2D eigenvalue weighted by Crippen LogP contribution is 2.01. The highest BCUT2D eigenvalue weighted by atomic mass is 127. The SMILES string of the molecule is CN=C(NCCCCN1CCN(C)CC1)NCCCOC.I. The van der Waals surface area contributed by atoms with Crippen LogP contribution in [0.5, 0.6) is 0 Å². The number of hydrogen-bond donors (Lipinski definition) is 2. The van der Waals surface area contributed by atoms with Crippen molar-refractivity contribution in [1.29, 1.82) is 0 Å². The Morgan fingerprint density at radius 3 is 2.27 bits per heavy atom. The maximum atomic E-state index is 5.03. The summed E-state index contributed by atoms with van der Waals surface area (Å²) in [6, 6.07) is 0. The highest BCUT2D eigenvalue weighted by Gasteiger charge is 2.12. The first-order valence-corrected chi connectivity index (χ1v) is 8.10. The van der Waals surface area contributed by atoms with E-state index in [0.29, 0.717) is 0 Å². The lowest BCUT2D eigenvalue weighted by Gasteiger charge is -2.32. The molecule has 0 bridgehead atoms. The van der Waals surface area contributed by atoms with Gasteiger partial charge in [0.2, 0.25) is 0 Å². The van der Waals surface area contributed by atoms with Crippen LogP contribution in [0.1, 0.15) is 19.3 Å². The van der Waals surface area contributed by atoms with Gasteiger partial charge in [0.25, 0.3) is 0 Å². The van der Waals surface area contributed by atoms with Gasteiger partial charge in [-0.2, -0.15) is 0 Å². The Morgan fingerprint density at radius 2 is 1.68 bits per heavy atom. The van der Waals surface area contributed by atoms with E-state index in [9.17, 15) is 0 Å². The number of likely N-dealkylation sites (N-methyl/N-ethyl adjacent to an activating group) is 1. The molecule has 1 rings (SSSR count). The van der Waals surface area contributed by atoms with Crippen LogP contribution in [-0.4, -0.2) is 89.4 Å². The molecule has 0 atom stereocenters. The van der Waals surface area contributed by atoms with Crippen molar-refractivity contribution < 1.29 is 4.74 Å². The van der Waals surface area contributed by atoms with E-state index in [0.717, 1.165) is 32.1 Å². The molecule has 1 aliphatic rings. The number of ether oxygens (including phenoxy) is 1. The molecule has 0 amide bonds. The zero-order chi connectivity index (χ0) is 15.3. The van der Waals surface area contributed by atoms with Crippen LogP contribution in [0.4, 0.5) is 0 Å². The molecular formula is C15H34IN5O. The fraction of sp³-hybridized carbons (Fsp3) is 0.933. The van der Waals surface area contributed by atoms with Crippen LogP contribution in [0.3, 0.4) is 0 Å². The standard InChI is InChI=1S/C15H33N5O.HI/c1-16-15(18-8-6-14-21-3)17-7-4-5-9-20-12-10-19(2)11-13-20;/h4-14H2,1-3H3,(H2,16,17,18);1H. The highest BCUT2D eigenvalue weighted by molar-refractivity contribution is 14.0. The van der Waals surface area contributed by atoms with Crippen LogP contribution >= 0.6 is 24.0 Å². The van der Waals surface area contributed by atoms with E-state index in [4.69, 9.17) is 4.74 Å². The minimum Gasteiger partial charge on any atom is -0.385 e. The number of halogens is 1. The van der Waals surface area contributed by atoms with Gasteiger partial charge in [-0.15, -0.1) is 24.0 Å². The number of hydrogen-bond acceptors (Lipinski definition) is 4. The van der Waals surface area contributed by atoms with Crippen molar-refractivity contribution >= 4 is 29.9 Å². The molecule has 0 saturated carbocycles. The number of nitrogens with one attached hydrogen (secondary N) is 2. The minimum absolute atomic E-state index is 0. The number of unbranched alkanes of at least 4 members (excludes halogenated alkanes) is 1. The Hall–Kier alpha value is -0.120. The van der Waals surface area contributed by atoms with Crippen molar-refractivity contribution in [2.24, 2.45) is 4.99 Å². The average Bonchev–Trinajstić information content (AvgIpc) is 2.51. The Bertz CT molecular complexity index is 283. The van der Waals surface area contributed by atoms with E-state index in [-0.39, 0.29) is 24.0 Å². The fourth-order valence-electron chi connectivity index (χ4n) is 2.38. The second-order valence-electron chi connectivity index (χ2n) is 5.62. The molecule has 0 spiro atoms. The third-order valence-electron chi connectivity index (χ3n) is 3.83. The van der Waals surface area contributed by atoms with Gasteiger partial charge in [0.05, 0.1) is 0 Å². The molecule has 2 N–H and O–H groups in total. The van der Waals surface area contributed by atoms with Gasteiger partial charge in [-0.05, 0) is 32.9 Å². The molecule has 1 saturated heterocycles. The molecule has 0 aromatic carbocycles. The predicted octanol–water partition coefficient (Wildman–Crippen LogP) is 0.834. The monoisotopic (exact) mass is 427 g/mol. The fourth-order valence-corrected chi connectivity index (χ4v) is 2.38. The van der Waals surface area contributed by atoms with E-state index in [1.54, 1.807) is 7.11 Å². The maximum absolute atomic E-state index is 5.03. The van der Waals surface area contributed by atoms with Crippen molar-refractivity contribution in [3.8, 4) is 0 Å². The summed E-state index contributed by atoms with van der Waals surface area (Å²) in [6.07, 6.45) is 3.43. The molecule has 1 heterocycles. The molecule has 6 nitrogen and oxygen atoms in total. The first-order chi connectivity index (χ1) is 10.3. The van der Waals surface area contributed by atoms with Gasteiger partial charge in [-0.3, -0.25) is 4.99 Å². The molecule has 1 fully saturated rings. The van der Waals surface area contributed by atoms with Gasteiger partial charge >= 0.3 is 0 Å². The summed E-state index contributed by atoms with van der Waals surface area (Å²) in [7, 11) is 5.75. The quantitative estimate of drug-likeness (QED) is 0.247. The van der Waals surface area contributed by atoms with Crippen LogP contribution in [-0.2, 0) is 4.74 Å². The van der Waals surface area contributed by atoms with Gasteiger partial charge in [0, 0.05) is 60.0 Å². The van der Waals surface area contributed by atoms with E-state index < -0.39 is 0 Å². The normalized spacial score (nSPS) is 17.1. The molecular weight excluding hydrogens is 393 g/mol. The molecule has 0 aromatic heterocycles. The second-order valence-corrected chi connectivity index (χ2v) is 5.62. The Labute approximate surface area is 153 Å². The Kier molecular flexibility index (Phi) is 14.4. The first kappa shape index (κ1) is 21.9. The zero-order valence-corrected chi connectivity index (χ0v) is 16.8. The van der Waals surface area contributed by atoms with Crippen molar-refractivity contribution in [2.75, 3.05) is 73.6 Å². The van der Waals surface area contributed by atoms with E-state index in [1.807, 2.05) is 7.05 Å². The van der Waals surface area contributed by atoms with Gasteiger partial charge in [0.15, 0.2) is 5.96 Å². The molecule has 132 valence electrons. The summed E-state index contributed by atoms with van der Waals surface area (Å²) in [5.74, 6) is 0.894. The van der Waals surface area contributed by atoms with Crippen LogP contribution in [0.2, 0.25) is 0 Å². The van der Waals surface area contributed by atoms with Gasteiger partial charge in [0.1, 0.15) is 0 Å². The van der Waals surface area contributed by atoms with Crippen LogP contribution in [0.15, 0.2) is 4.99 Å². The van der Waals surface area contributed by atoms with E-state index in [1.165, 1.54) is 45.6 Å². The number of piperazine rings is 1. The Morgan fingerprint density at radius 1 is 1.05 bits per heavy atom. The van der Waals surface area contributed by atoms with E-state index >= 15 is 0 Å². The summed E-state index contributed by atoms with van der Waals surface area (Å²) < 4.78 is 5.03. The molecule has 0 unspecified atom stereocenters. The van der Waals surface area contributed by atoms with Crippen LogP contribution in [0, 0.1) is 0 Å². The maximum Gasteiger partial charge on any atom is 0.190 e. The summed E-state index contributed by atoms with van der Waals surface area (Å²) in [5, 5.41) is 6.65. The Balaban J connectivity index is 0.00000441. The number of nitrogens with zero attached hydrogens (tertiary/aromatic N) is 3. The van der Waals surface area contributed by atoms with E-state index in [2.05, 4.69) is 32.5 Å². The van der Waals surface area contributed by atoms with Gasteiger partial charge in [-0.25, -0.2) is 0 Å². The predicted molar refractivity (Wildman–Crippen MR) is 104 cm³/mol. The zero-order valence-electron chi connectivity index (χ0n) is 14.4. The second kappa shape index (κ2) is 14.5. The largest absolute Gasteiger partial charge is 0.385 e. The molecule has 0 aliphatic carbocycles. The lowest BCUT2D eigenvalue weighted by atomic mass is 10.2. The summed E-state index contributed by atoms with van der Waals surface area (Å²) in [5.41, 5.74) is 0. The average molecular weight is 427 g/mol. The summed E-state index contributed by atoms with van der Waals surface area (Å²) in [4.78, 5) is 9.19. The molecule has 22 heavy (non-hydrogen) atoms. The lowest BCUT2D eigenvalue weighted by molar-refractivity contribution is 0.152. The van der Waals surface area contributed by atoms with Crippen molar-refractivity contribution in [3.63, 3.8) is 0 Å². The first-order valence-electron chi connectivity index (χ1n) is 8.10. The van der Waals surface area contributed by atoms with Crippen molar-refractivity contribution in [3.05, 3.63) is 0 Å². The molecule has 1 aliphatic heterocycles. The number of rotatable bonds is 9. The number of guanidine groups is 1. The lowest BCUT2D eigenvalue weighted by Crippen LogP contribution is -2.44. The minimum atomic E-state index is 0. The topological polar surface area (TPSA) is 52.1 Å². The summed E-state index contributed by atoms with van der Waals surface area (Å²) >= 11 is 0. The van der Waals surface area contributed by atoms with Crippen molar-refractivity contribution in [1.82, 2.24) is 20.4 Å². The van der Waals surface area contributed by atoms with Gasteiger partial charge in [-0.1, -0.05) is 0 Å². The third kappa shape index (κ3) is 10.6. The van der Waals surface area contributed by atoms with Crippen molar-refractivity contribution in [2.45, 2.75) is 19.3 Å². The molecule has 0 aromatic rings. The van der Waals surface area contributed by atoms with Crippen LogP contribution in [0.25, 0.3) is 0 Å². The summed E-state index contributed by atoms with van der Waals surface area (Å²) in [6.45, 7) is 8.72. The number of methoxy groups -OCH3 is 1. The third-order valence-corrected chi connectivity index (χ3v) is 3.83. The smallest absolute Gasteiger partial charge is 0.190 e. The molecule has 0 radical (unpaired) electrons. The van der Waals surface area contributed by atoms with Gasteiger partial charge < -0.3 is 25.2 Å².